The molecule has 34 heavy (non-hydrogen) atoms. The molecule has 2 aromatic rings. The molecule has 0 bridgehead atoms. The van der Waals surface area contributed by atoms with Gasteiger partial charge in [-0.3, -0.25) is 4.90 Å². The molecular weight excluding hydrogens is 440 g/mol. The van der Waals surface area contributed by atoms with Crippen LogP contribution in [0.2, 0.25) is 0 Å². The molecule has 1 N–H and O–H groups in total. The largest absolute Gasteiger partial charge is 0.492 e. The van der Waals surface area contributed by atoms with Crippen molar-refractivity contribution in [2.24, 2.45) is 0 Å². The molecule has 1 aliphatic heterocycles. The van der Waals surface area contributed by atoms with E-state index in [1.807, 2.05) is 24.3 Å². The van der Waals surface area contributed by atoms with Gasteiger partial charge in [0, 0.05) is 13.1 Å². The molecule has 3 rings (SSSR count). The topological polar surface area (TPSA) is 116 Å². The Kier molecular flexibility index (Phi) is 9.84. The highest BCUT2D eigenvalue weighted by molar-refractivity contribution is 6.00. The Bertz CT molecular complexity index is 924. The first-order valence-electron chi connectivity index (χ1n) is 11.8. The average molecular weight is 475 g/mol. The van der Waals surface area contributed by atoms with Crippen LogP contribution in [0.1, 0.15) is 71.2 Å². The number of hydrogen-bond donors (Lipinski definition) is 1. The number of aryl methyl sites for hydroxylation is 1. The first-order valence-corrected chi connectivity index (χ1v) is 11.8. The van der Waals surface area contributed by atoms with Crippen molar-refractivity contribution in [2.75, 3.05) is 40.5 Å². The van der Waals surface area contributed by atoms with Crippen molar-refractivity contribution in [1.29, 1.82) is 0 Å². The predicted molar refractivity (Wildman–Crippen MR) is 124 cm³/mol. The molecule has 1 aliphatic rings. The number of benzene rings is 1. The van der Waals surface area contributed by atoms with Crippen LogP contribution >= 0.6 is 0 Å². The molecule has 2 heterocycles. The predicted octanol–water partition coefficient (Wildman–Crippen LogP) is 2.62. The molecule has 0 aliphatic carbocycles. The lowest BCUT2D eigenvalue weighted by Gasteiger charge is -2.26. The zero-order valence-corrected chi connectivity index (χ0v) is 19.9. The number of rotatable bonds is 12. The minimum atomic E-state index is -0.749. The third-order valence-corrected chi connectivity index (χ3v) is 5.98. The van der Waals surface area contributed by atoms with Gasteiger partial charge >= 0.3 is 11.9 Å². The maximum Gasteiger partial charge on any atom is 0.361 e. The Hall–Kier alpha value is -2.98. The van der Waals surface area contributed by atoms with Gasteiger partial charge in [-0.25, -0.2) is 14.3 Å². The number of carbonyl (C=O) groups excluding carboxylic acids is 2. The van der Waals surface area contributed by atoms with Gasteiger partial charge in [0.25, 0.3) is 0 Å². The van der Waals surface area contributed by atoms with Gasteiger partial charge in [0.05, 0.1) is 20.3 Å². The lowest BCUT2D eigenvalue weighted by atomic mass is 10.0. The van der Waals surface area contributed by atoms with E-state index in [1.54, 1.807) is 0 Å². The minimum Gasteiger partial charge on any atom is -0.492 e. The highest BCUT2D eigenvalue weighted by Gasteiger charge is 2.26. The number of methoxy groups -OCH3 is 2. The van der Waals surface area contributed by atoms with E-state index in [0.717, 1.165) is 30.9 Å². The van der Waals surface area contributed by atoms with E-state index in [4.69, 9.17) is 9.47 Å². The van der Waals surface area contributed by atoms with Gasteiger partial charge in [-0.2, -0.15) is 0 Å². The van der Waals surface area contributed by atoms with E-state index in [1.165, 1.54) is 38.2 Å². The average Bonchev–Trinajstić information content (AvgIpc) is 3.30. The number of likely N-dealkylation sites (tertiary alicyclic amines) is 1. The zero-order chi connectivity index (χ0) is 24.3. The maximum absolute atomic E-state index is 12.1. The number of aliphatic hydroxyl groups excluding tert-OH is 1. The second-order valence-electron chi connectivity index (χ2n) is 8.32. The van der Waals surface area contributed by atoms with Crippen molar-refractivity contribution in [3.05, 3.63) is 41.2 Å². The van der Waals surface area contributed by atoms with Gasteiger partial charge in [0.1, 0.15) is 12.4 Å². The van der Waals surface area contributed by atoms with Crippen molar-refractivity contribution >= 4 is 11.9 Å². The highest BCUT2D eigenvalue weighted by Crippen LogP contribution is 2.22. The molecule has 0 radical (unpaired) electrons. The first-order chi connectivity index (χ1) is 16.5. The van der Waals surface area contributed by atoms with Crippen LogP contribution in [0.5, 0.6) is 5.75 Å². The standard InChI is InChI=1S/C24H34N4O6/c1-32-23(30)21-22(24(31)33-2)28(26-25-21)15-7-4-8-20(29)18-9-11-19(12-10-18)34-17-16-27-13-5-3-6-14-27/h9-12,20,29H,3-8,13-17H2,1-2H3. The molecule has 1 unspecified atom stereocenters. The maximum atomic E-state index is 12.1. The van der Waals surface area contributed by atoms with Gasteiger partial charge in [0.2, 0.25) is 5.69 Å². The number of piperidine rings is 1. The summed E-state index contributed by atoms with van der Waals surface area (Å²) >= 11 is 0. The monoisotopic (exact) mass is 474 g/mol. The fourth-order valence-corrected chi connectivity index (χ4v) is 4.03. The highest BCUT2D eigenvalue weighted by atomic mass is 16.5. The molecule has 0 spiro atoms. The van der Waals surface area contributed by atoms with Gasteiger partial charge in [-0.15, -0.1) is 5.10 Å². The number of aliphatic hydroxyl groups is 1. The molecule has 1 aromatic carbocycles. The minimum absolute atomic E-state index is 0.0363. The molecule has 0 saturated carbocycles. The third kappa shape index (κ3) is 7.01. The Morgan fingerprint density at radius 3 is 2.38 bits per heavy atom. The number of unbranched alkanes of at least 4 members (excludes halogenated alkanes) is 1. The molecule has 186 valence electrons. The van der Waals surface area contributed by atoms with Gasteiger partial charge < -0.3 is 19.3 Å². The van der Waals surface area contributed by atoms with Crippen molar-refractivity contribution in [3.63, 3.8) is 0 Å². The van der Waals surface area contributed by atoms with Crippen LogP contribution in [0.15, 0.2) is 24.3 Å². The summed E-state index contributed by atoms with van der Waals surface area (Å²) in [5, 5.41) is 18.2. The Labute approximate surface area is 199 Å². The Morgan fingerprint density at radius 1 is 1.00 bits per heavy atom. The van der Waals surface area contributed by atoms with Crippen LogP contribution in [0.3, 0.4) is 0 Å². The van der Waals surface area contributed by atoms with Crippen LogP contribution in [-0.2, 0) is 16.0 Å². The number of aromatic nitrogens is 3. The quantitative estimate of drug-likeness (QED) is 0.366. The third-order valence-electron chi connectivity index (χ3n) is 5.98. The van der Waals surface area contributed by atoms with Crippen LogP contribution in [0.25, 0.3) is 0 Å². The molecular formula is C24H34N4O6. The summed E-state index contributed by atoms with van der Waals surface area (Å²) < 4.78 is 16.6. The molecule has 1 aromatic heterocycles. The van der Waals surface area contributed by atoms with Gasteiger partial charge in [-0.1, -0.05) is 23.8 Å². The van der Waals surface area contributed by atoms with Crippen molar-refractivity contribution in [1.82, 2.24) is 19.9 Å². The summed E-state index contributed by atoms with van der Waals surface area (Å²) in [5.74, 6) is -0.652. The Morgan fingerprint density at radius 2 is 1.71 bits per heavy atom. The van der Waals surface area contributed by atoms with E-state index in [0.29, 0.717) is 32.4 Å². The molecule has 0 amide bonds. The Balaban J connectivity index is 1.42. The fourth-order valence-electron chi connectivity index (χ4n) is 4.03. The molecule has 10 nitrogen and oxygen atoms in total. The molecule has 1 fully saturated rings. The molecule has 10 heteroatoms. The van der Waals surface area contributed by atoms with Crippen LogP contribution in [-0.4, -0.2) is 77.4 Å². The van der Waals surface area contributed by atoms with Crippen molar-refractivity contribution in [2.45, 2.75) is 51.2 Å². The van der Waals surface area contributed by atoms with Gasteiger partial charge in [0.15, 0.2) is 5.69 Å². The van der Waals surface area contributed by atoms with E-state index >= 15 is 0 Å². The lowest BCUT2D eigenvalue weighted by molar-refractivity contribution is 0.0543. The number of hydrogen-bond acceptors (Lipinski definition) is 9. The summed E-state index contributed by atoms with van der Waals surface area (Å²) in [6.07, 6.45) is 5.11. The zero-order valence-electron chi connectivity index (χ0n) is 19.9. The number of carbonyl (C=O) groups is 2. The summed E-state index contributed by atoms with van der Waals surface area (Å²) in [6.45, 7) is 4.26. The SMILES string of the molecule is COC(=O)c1nnn(CCCCC(O)c2ccc(OCCN3CCCCC3)cc2)c1C(=O)OC. The number of ether oxygens (including phenoxy) is 3. The number of esters is 2. The lowest BCUT2D eigenvalue weighted by Crippen LogP contribution is -2.33. The van der Waals surface area contributed by atoms with E-state index in [2.05, 4.69) is 19.9 Å². The first kappa shape index (κ1) is 25.6. The fraction of sp³-hybridized carbons (Fsp3) is 0.583. The smallest absolute Gasteiger partial charge is 0.361 e. The van der Waals surface area contributed by atoms with E-state index in [-0.39, 0.29) is 11.4 Å². The molecule has 1 atom stereocenters. The second kappa shape index (κ2) is 13.0. The van der Waals surface area contributed by atoms with Crippen LogP contribution in [0.4, 0.5) is 0 Å². The normalized spacial score (nSPS) is 15.0. The van der Waals surface area contributed by atoms with Gasteiger partial charge in [-0.05, 0) is 62.9 Å². The van der Waals surface area contributed by atoms with Crippen LogP contribution < -0.4 is 4.74 Å². The van der Waals surface area contributed by atoms with Crippen LogP contribution in [0, 0.1) is 0 Å². The van der Waals surface area contributed by atoms with Crippen molar-refractivity contribution < 1.29 is 28.9 Å². The summed E-state index contributed by atoms with van der Waals surface area (Å²) in [7, 11) is 2.43. The van der Waals surface area contributed by atoms with E-state index < -0.39 is 18.0 Å². The molecule has 1 saturated heterocycles. The summed E-state index contributed by atoms with van der Waals surface area (Å²) in [5.41, 5.74) is 0.616. The summed E-state index contributed by atoms with van der Waals surface area (Å²) in [6, 6.07) is 7.55. The second-order valence-corrected chi connectivity index (χ2v) is 8.32. The van der Waals surface area contributed by atoms with Crippen molar-refractivity contribution in [3.8, 4) is 5.75 Å². The van der Waals surface area contributed by atoms with E-state index in [9.17, 15) is 14.7 Å². The number of nitrogens with zero attached hydrogens (tertiary/aromatic N) is 4. The summed E-state index contributed by atoms with van der Waals surface area (Å²) in [4.78, 5) is 26.3.